The Morgan fingerprint density at radius 1 is 1.05 bits per heavy atom. The maximum Gasteiger partial charge on any atom is 0.472 e. The van der Waals surface area contributed by atoms with Crippen LogP contribution in [0.5, 0.6) is 0 Å². The highest BCUT2D eigenvalue weighted by Crippen LogP contribution is 2.43. The molecule has 0 saturated heterocycles. The molecule has 22 heavy (non-hydrogen) atoms. The molecule has 2 atom stereocenters. The molecule has 0 aromatic heterocycles. The smallest absolute Gasteiger partial charge is 0.388 e. The minimum absolute atomic E-state index is 0.0883. The number of ether oxygens (including phenoxy) is 1. The molecule has 0 radical (unpaired) electrons. The molecule has 1 unspecified atom stereocenters. The summed E-state index contributed by atoms with van der Waals surface area (Å²) in [5.74, 6) is 0. The number of unbranched alkanes of at least 4 members (excludes halogenated alkanes) is 3. The van der Waals surface area contributed by atoms with Crippen LogP contribution in [0, 0.1) is 0 Å². The molecule has 8 heteroatoms. The molecule has 0 amide bonds. The first-order valence-electron chi connectivity index (χ1n) is 7.84. The molecule has 7 nitrogen and oxygen atoms in total. The highest BCUT2D eigenvalue weighted by molar-refractivity contribution is 7.47. The lowest BCUT2D eigenvalue weighted by molar-refractivity contribution is -0.870. The van der Waals surface area contributed by atoms with E-state index in [1.807, 2.05) is 21.1 Å². The Morgan fingerprint density at radius 2 is 1.73 bits per heavy atom. The number of hydrogen-bond donors (Lipinski definition) is 2. The van der Waals surface area contributed by atoms with Gasteiger partial charge in [-0.15, -0.1) is 0 Å². The van der Waals surface area contributed by atoms with Crippen molar-refractivity contribution >= 4 is 7.82 Å². The summed E-state index contributed by atoms with van der Waals surface area (Å²) in [6.07, 6.45) is 3.46. The van der Waals surface area contributed by atoms with Crippen LogP contribution in [0.25, 0.3) is 0 Å². The van der Waals surface area contributed by atoms with E-state index in [2.05, 4.69) is 6.92 Å². The molecule has 0 aromatic carbocycles. The number of phosphoric acid groups is 1. The number of nitrogens with zero attached hydrogens (tertiary/aromatic N) is 1. The first kappa shape index (κ1) is 22.0. The summed E-state index contributed by atoms with van der Waals surface area (Å²) in [7, 11) is 1.75. The molecule has 0 spiro atoms. The van der Waals surface area contributed by atoms with E-state index in [0.29, 0.717) is 17.6 Å². The van der Waals surface area contributed by atoms with Crippen molar-refractivity contribution in [3.05, 3.63) is 0 Å². The second-order valence-electron chi connectivity index (χ2n) is 6.40. The van der Waals surface area contributed by atoms with E-state index in [1.165, 1.54) is 6.42 Å². The Bertz CT molecular complexity index is 321. The lowest BCUT2D eigenvalue weighted by Crippen LogP contribution is -2.37. The molecule has 0 heterocycles. The van der Waals surface area contributed by atoms with Crippen molar-refractivity contribution in [2.24, 2.45) is 0 Å². The number of likely N-dealkylation sites (N-methyl/N-ethyl adjacent to an activating group) is 1. The Kier molecular flexibility index (Phi) is 11.5. The molecular formula is C14H33NO6P+. The maximum atomic E-state index is 11.6. The molecule has 0 aromatic rings. The van der Waals surface area contributed by atoms with Crippen molar-refractivity contribution in [2.75, 3.05) is 54.1 Å². The quantitative estimate of drug-likeness (QED) is 0.284. The third kappa shape index (κ3) is 14.9. The van der Waals surface area contributed by atoms with Gasteiger partial charge in [0.2, 0.25) is 0 Å². The predicted molar refractivity (Wildman–Crippen MR) is 85.6 cm³/mol. The fraction of sp³-hybridized carbons (Fsp3) is 1.00. The van der Waals surface area contributed by atoms with Gasteiger partial charge in [0.15, 0.2) is 0 Å². The Morgan fingerprint density at radius 3 is 2.32 bits per heavy atom. The minimum atomic E-state index is -4.11. The second kappa shape index (κ2) is 11.5. The number of rotatable bonds is 14. The summed E-state index contributed by atoms with van der Waals surface area (Å²) in [6.45, 7) is 3.21. The van der Waals surface area contributed by atoms with Crippen LogP contribution >= 0.6 is 7.82 Å². The predicted octanol–water partition coefficient (Wildman–Crippen LogP) is 1.78. The van der Waals surface area contributed by atoms with Gasteiger partial charge in [0.1, 0.15) is 19.3 Å². The maximum absolute atomic E-state index is 11.6. The van der Waals surface area contributed by atoms with Crippen LogP contribution in [0.3, 0.4) is 0 Å². The van der Waals surface area contributed by atoms with Crippen molar-refractivity contribution in [1.29, 1.82) is 0 Å². The zero-order valence-electron chi connectivity index (χ0n) is 14.4. The first-order chi connectivity index (χ1) is 10.2. The summed E-state index contributed by atoms with van der Waals surface area (Å²) in [6, 6.07) is 0. The highest BCUT2D eigenvalue weighted by atomic mass is 31.2. The third-order valence-electron chi connectivity index (χ3n) is 2.90. The van der Waals surface area contributed by atoms with Gasteiger partial charge >= 0.3 is 7.82 Å². The summed E-state index contributed by atoms with van der Waals surface area (Å²) in [5, 5.41) is 9.63. The van der Waals surface area contributed by atoms with Crippen molar-refractivity contribution in [3.63, 3.8) is 0 Å². The Hall–Kier alpha value is -0.0100. The fourth-order valence-corrected chi connectivity index (χ4v) is 2.29. The molecular weight excluding hydrogens is 309 g/mol. The van der Waals surface area contributed by atoms with Gasteiger partial charge in [0.25, 0.3) is 0 Å². The monoisotopic (exact) mass is 342 g/mol. The van der Waals surface area contributed by atoms with Crippen molar-refractivity contribution in [2.45, 2.75) is 38.7 Å². The Balaban J connectivity index is 3.69. The fourth-order valence-electron chi connectivity index (χ4n) is 1.55. The molecule has 0 rings (SSSR count). The van der Waals surface area contributed by atoms with Gasteiger partial charge in [-0.05, 0) is 6.42 Å². The van der Waals surface area contributed by atoms with Gasteiger partial charge in [0, 0.05) is 6.61 Å². The molecule has 2 N–H and O–H groups in total. The SMILES string of the molecule is CCCCCCOC[C@@H](O)COP(=O)(O)OCC[N+](C)(C)C. The van der Waals surface area contributed by atoms with Crippen LogP contribution in [0.4, 0.5) is 0 Å². The lowest BCUT2D eigenvalue weighted by Gasteiger charge is -2.24. The molecule has 0 aliphatic rings. The average Bonchev–Trinajstić information content (AvgIpc) is 2.39. The third-order valence-corrected chi connectivity index (χ3v) is 3.88. The van der Waals surface area contributed by atoms with E-state index in [1.54, 1.807) is 0 Å². The van der Waals surface area contributed by atoms with Crippen LogP contribution in [0.1, 0.15) is 32.6 Å². The molecule has 0 saturated carbocycles. The van der Waals surface area contributed by atoms with Gasteiger partial charge < -0.3 is 19.2 Å². The van der Waals surface area contributed by atoms with E-state index in [-0.39, 0.29) is 19.8 Å². The van der Waals surface area contributed by atoms with Crippen LogP contribution in [-0.2, 0) is 18.3 Å². The summed E-state index contributed by atoms with van der Waals surface area (Å²) >= 11 is 0. The number of hydrogen-bond acceptors (Lipinski definition) is 5. The van der Waals surface area contributed by atoms with Gasteiger partial charge in [-0.3, -0.25) is 9.05 Å². The van der Waals surface area contributed by atoms with Crippen LogP contribution in [0.15, 0.2) is 0 Å². The highest BCUT2D eigenvalue weighted by Gasteiger charge is 2.23. The molecule has 134 valence electrons. The zero-order valence-corrected chi connectivity index (χ0v) is 15.3. The number of aliphatic hydroxyl groups is 1. The zero-order chi connectivity index (χ0) is 17.1. The molecule has 0 fully saturated rings. The van der Waals surface area contributed by atoms with Gasteiger partial charge in [-0.25, -0.2) is 4.57 Å². The standard InChI is InChI=1S/C14H32NO6P/c1-5-6-7-8-10-19-12-14(16)13-21-22(17,18)20-11-9-15(2,3)4/h14,16H,5-13H2,1-4H3/p+1/t14-/m1/s1. The minimum Gasteiger partial charge on any atom is -0.388 e. The normalized spacial score (nSPS) is 16.5. The number of aliphatic hydroxyl groups excluding tert-OH is 1. The van der Waals surface area contributed by atoms with Crippen LogP contribution in [-0.4, -0.2) is 74.7 Å². The number of quaternary nitrogens is 1. The largest absolute Gasteiger partial charge is 0.472 e. The first-order valence-corrected chi connectivity index (χ1v) is 9.34. The average molecular weight is 342 g/mol. The summed E-state index contributed by atoms with van der Waals surface area (Å²) < 4.78 is 27.1. The van der Waals surface area contributed by atoms with E-state index in [9.17, 15) is 14.6 Å². The van der Waals surface area contributed by atoms with E-state index < -0.39 is 13.9 Å². The van der Waals surface area contributed by atoms with Gasteiger partial charge in [-0.1, -0.05) is 26.2 Å². The van der Waals surface area contributed by atoms with E-state index in [0.717, 1.165) is 19.3 Å². The summed E-state index contributed by atoms with van der Waals surface area (Å²) in [5.41, 5.74) is 0. The van der Waals surface area contributed by atoms with Gasteiger partial charge in [-0.2, -0.15) is 0 Å². The van der Waals surface area contributed by atoms with E-state index in [4.69, 9.17) is 13.8 Å². The topological polar surface area (TPSA) is 85.2 Å². The van der Waals surface area contributed by atoms with Crippen molar-refractivity contribution in [3.8, 4) is 0 Å². The van der Waals surface area contributed by atoms with E-state index >= 15 is 0 Å². The lowest BCUT2D eigenvalue weighted by atomic mass is 10.2. The van der Waals surface area contributed by atoms with Crippen LogP contribution < -0.4 is 0 Å². The summed E-state index contributed by atoms with van der Waals surface area (Å²) in [4.78, 5) is 9.48. The van der Waals surface area contributed by atoms with Crippen molar-refractivity contribution in [1.82, 2.24) is 0 Å². The second-order valence-corrected chi connectivity index (χ2v) is 7.85. The van der Waals surface area contributed by atoms with Crippen LogP contribution in [0.2, 0.25) is 0 Å². The number of phosphoric ester groups is 1. The molecule has 0 aliphatic carbocycles. The molecule has 0 bridgehead atoms. The molecule has 0 aliphatic heterocycles. The van der Waals surface area contributed by atoms with Crippen molar-refractivity contribution < 1.29 is 32.8 Å². The Labute approximate surface area is 134 Å². The van der Waals surface area contributed by atoms with Gasteiger partial charge in [0.05, 0.1) is 34.4 Å².